The van der Waals surface area contributed by atoms with Crippen molar-refractivity contribution in [1.82, 2.24) is 25.6 Å². The quantitative estimate of drug-likeness (QED) is 0.0802. The molecule has 0 radical (unpaired) electrons. The molecule has 9 rings (SSSR count). The van der Waals surface area contributed by atoms with Gasteiger partial charge in [-0.3, -0.25) is 29.8 Å². The fourth-order valence-corrected chi connectivity index (χ4v) is 8.29. The Labute approximate surface area is 354 Å². The van der Waals surface area contributed by atoms with E-state index in [9.17, 15) is 14.4 Å². The molecule has 12 heteroatoms. The summed E-state index contributed by atoms with van der Waals surface area (Å²) in [5, 5.41) is 7.98. The molecule has 2 atom stereocenters. The van der Waals surface area contributed by atoms with Gasteiger partial charge in [0.05, 0.1) is 0 Å². The van der Waals surface area contributed by atoms with Crippen LogP contribution < -0.4 is 21.1 Å². The predicted molar refractivity (Wildman–Crippen MR) is 235 cm³/mol. The molecule has 0 unspecified atom stereocenters. The van der Waals surface area contributed by atoms with Crippen molar-refractivity contribution in [2.45, 2.75) is 39.5 Å². The number of hydrazine groups is 1. The molecule has 0 saturated heterocycles. The first-order valence-electron chi connectivity index (χ1n) is 20.4. The average Bonchev–Trinajstić information content (AvgIpc) is 4.10. The molecule has 4 aromatic carbocycles. The highest BCUT2D eigenvalue weighted by Crippen LogP contribution is 2.41. The largest absolute Gasteiger partial charge is 0.423 e. The van der Waals surface area contributed by atoms with Crippen LogP contribution in [0.4, 0.5) is 11.4 Å². The van der Waals surface area contributed by atoms with Gasteiger partial charge in [0, 0.05) is 72.2 Å². The van der Waals surface area contributed by atoms with Gasteiger partial charge in [0.15, 0.2) is 0 Å². The van der Waals surface area contributed by atoms with Crippen LogP contribution >= 0.6 is 0 Å². The summed E-state index contributed by atoms with van der Waals surface area (Å²) in [7, 11) is 0. The number of aromatic nitrogens is 4. The lowest BCUT2D eigenvalue weighted by atomic mass is 9.96. The Morgan fingerprint density at radius 3 is 1.64 bits per heavy atom. The third-order valence-electron chi connectivity index (χ3n) is 11.3. The van der Waals surface area contributed by atoms with E-state index in [2.05, 4.69) is 49.9 Å². The molecule has 3 amide bonds. The summed E-state index contributed by atoms with van der Waals surface area (Å²) < 4.78 is 5.52. The molecule has 61 heavy (non-hydrogen) atoms. The SMILES string of the molecule is C[C@@H](Cc1ccccc1)C(=O)N1CCc2c(-c3nnco3)cc(-c3ccncc3)cc21.C[C@@H](Cc1ccccc1)C(=O)N1CCc2c(C(=O)NN)cc(-c3ccncc3)cc21. The Morgan fingerprint density at radius 1 is 0.656 bits per heavy atom. The van der Waals surface area contributed by atoms with Crippen molar-refractivity contribution < 1.29 is 18.8 Å². The summed E-state index contributed by atoms with van der Waals surface area (Å²) in [6, 6.07) is 35.8. The van der Waals surface area contributed by atoms with Gasteiger partial charge in [0.25, 0.3) is 5.91 Å². The van der Waals surface area contributed by atoms with Crippen molar-refractivity contribution in [3.63, 3.8) is 0 Å². The van der Waals surface area contributed by atoms with E-state index in [1.165, 1.54) is 12.0 Å². The van der Waals surface area contributed by atoms with Gasteiger partial charge >= 0.3 is 0 Å². The van der Waals surface area contributed by atoms with E-state index >= 15 is 0 Å². The van der Waals surface area contributed by atoms with Crippen LogP contribution in [0.3, 0.4) is 0 Å². The van der Waals surface area contributed by atoms with Crippen molar-refractivity contribution in [3.8, 4) is 33.7 Å². The molecular formula is C49H46N8O4. The second-order valence-corrected chi connectivity index (χ2v) is 15.4. The summed E-state index contributed by atoms with van der Waals surface area (Å²) in [5.41, 5.74) is 13.4. The van der Waals surface area contributed by atoms with Crippen LogP contribution in [-0.2, 0) is 35.3 Å². The third-order valence-corrected chi connectivity index (χ3v) is 11.3. The Hall–Kier alpha value is -7.31. The highest BCUT2D eigenvalue weighted by Gasteiger charge is 2.33. The lowest BCUT2D eigenvalue weighted by Gasteiger charge is -2.23. The molecule has 2 aliphatic heterocycles. The van der Waals surface area contributed by atoms with Gasteiger partial charge in [0.1, 0.15) is 0 Å². The van der Waals surface area contributed by atoms with Crippen LogP contribution in [-0.4, -0.2) is 51.0 Å². The number of rotatable bonds is 10. The standard InChI is InChI=1S/C25H22N4O2.C24H24N4O2/c1-17(13-18-5-3-2-4-6-18)25(30)29-12-9-21-22(24-28-27-16-31-24)14-20(15-23(21)29)19-7-10-26-11-8-19;1-16(13-17-5-3-2-4-6-17)24(30)28-12-9-20-21(23(29)27-25)14-19(15-22(20)28)18-7-10-26-11-8-18/h2-8,10-11,14-17H,9,12-13H2,1H3;2-8,10-11,14-16H,9,12-13,25H2,1H3,(H,27,29)/t17-;16-/m00/s1. The van der Waals surface area contributed by atoms with Crippen LogP contribution in [0.25, 0.3) is 33.7 Å². The molecule has 7 aromatic rings. The summed E-state index contributed by atoms with van der Waals surface area (Å²) in [4.78, 5) is 51.1. The first kappa shape index (κ1) is 40.5. The Kier molecular flexibility index (Phi) is 12.1. The number of fused-ring (bicyclic) bond motifs is 2. The molecule has 2 aliphatic rings. The summed E-state index contributed by atoms with van der Waals surface area (Å²) >= 11 is 0. The zero-order valence-electron chi connectivity index (χ0n) is 34.1. The predicted octanol–water partition coefficient (Wildman–Crippen LogP) is 7.69. The molecular weight excluding hydrogens is 765 g/mol. The molecule has 0 fully saturated rings. The average molecular weight is 811 g/mol. The van der Waals surface area contributed by atoms with Gasteiger partial charge in [0.2, 0.25) is 24.1 Å². The molecule has 0 aliphatic carbocycles. The van der Waals surface area contributed by atoms with Gasteiger partial charge in [-0.1, -0.05) is 74.5 Å². The summed E-state index contributed by atoms with van der Waals surface area (Å²) in [6.07, 6.45) is 11.0. The summed E-state index contributed by atoms with van der Waals surface area (Å²) in [5.74, 6) is 5.44. The van der Waals surface area contributed by atoms with E-state index in [0.29, 0.717) is 43.8 Å². The van der Waals surface area contributed by atoms with Crippen LogP contribution in [0.1, 0.15) is 46.5 Å². The lowest BCUT2D eigenvalue weighted by Crippen LogP contribution is -2.34. The number of nitrogens with one attached hydrogen (secondary N) is 1. The van der Waals surface area contributed by atoms with Crippen LogP contribution in [0.5, 0.6) is 0 Å². The minimum atomic E-state index is -0.353. The third kappa shape index (κ3) is 8.85. The number of hydrogen-bond acceptors (Lipinski definition) is 9. The van der Waals surface area contributed by atoms with E-state index < -0.39 is 0 Å². The molecule has 5 heterocycles. The second kappa shape index (κ2) is 18.3. The van der Waals surface area contributed by atoms with Gasteiger partial charge in [-0.25, -0.2) is 5.84 Å². The molecule has 3 N–H and O–H groups in total. The molecule has 3 aromatic heterocycles. The monoisotopic (exact) mass is 810 g/mol. The zero-order valence-corrected chi connectivity index (χ0v) is 34.1. The normalized spacial score (nSPS) is 13.7. The molecule has 0 spiro atoms. The molecule has 306 valence electrons. The highest BCUT2D eigenvalue weighted by molar-refractivity contribution is 6.04. The van der Waals surface area contributed by atoms with Gasteiger partial charge in [-0.15, -0.1) is 10.2 Å². The first-order valence-corrected chi connectivity index (χ1v) is 20.4. The first-order chi connectivity index (χ1) is 29.8. The topological polar surface area (TPSA) is 160 Å². The van der Waals surface area contributed by atoms with E-state index in [0.717, 1.165) is 62.3 Å². The number of nitrogen functional groups attached to an aromatic ring is 1. The minimum absolute atomic E-state index is 0.0589. The molecule has 0 saturated carbocycles. The maximum atomic E-state index is 13.4. The Bertz CT molecular complexity index is 2630. The second-order valence-electron chi connectivity index (χ2n) is 15.4. The van der Waals surface area contributed by atoms with E-state index in [-0.39, 0.29) is 29.6 Å². The Morgan fingerprint density at radius 2 is 1.15 bits per heavy atom. The number of anilines is 2. The number of hydrogen-bond donors (Lipinski definition) is 2. The number of amides is 3. The van der Waals surface area contributed by atoms with Gasteiger partial charge < -0.3 is 14.2 Å². The van der Waals surface area contributed by atoms with Crippen LogP contribution in [0, 0.1) is 11.8 Å². The van der Waals surface area contributed by atoms with E-state index in [1.807, 2.05) is 104 Å². The number of pyridine rings is 2. The van der Waals surface area contributed by atoms with Crippen molar-refractivity contribution in [2.24, 2.45) is 17.7 Å². The van der Waals surface area contributed by atoms with Crippen LogP contribution in [0.2, 0.25) is 0 Å². The fourth-order valence-electron chi connectivity index (χ4n) is 8.29. The minimum Gasteiger partial charge on any atom is -0.423 e. The van der Waals surface area contributed by atoms with Crippen LogP contribution in [0.15, 0.2) is 145 Å². The summed E-state index contributed by atoms with van der Waals surface area (Å²) in [6.45, 7) is 5.15. The number of nitrogens with zero attached hydrogens (tertiary/aromatic N) is 6. The van der Waals surface area contributed by atoms with Crippen molar-refractivity contribution in [2.75, 3.05) is 22.9 Å². The number of nitrogens with two attached hydrogens (primary N) is 1. The molecule has 12 nitrogen and oxygen atoms in total. The lowest BCUT2D eigenvalue weighted by molar-refractivity contribution is -0.122. The zero-order chi connectivity index (χ0) is 42.3. The number of carbonyl (C=O) groups is 3. The van der Waals surface area contributed by atoms with Crippen molar-refractivity contribution >= 4 is 29.1 Å². The highest BCUT2D eigenvalue weighted by atomic mass is 16.4. The maximum absolute atomic E-state index is 13.4. The molecule has 0 bridgehead atoms. The smallest absolute Gasteiger partial charge is 0.265 e. The Balaban J connectivity index is 0.000000169. The van der Waals surface area contributed by atoms with Crippen molar-refractivity contribution in [1.29, 1.82) is 0 Å². The van der Waals surface area contributed by atoms with E-state index in [1.54, 1.807) is 29.7 Å². The van der Waals surface area contributed by atoms with Gasteiger partial charge in [-0.2, -0.15) is 0 Å². The van der Waals surface area contributed by atoms with Crippen molar-refractivity contribution in [3.05, 3.63) is 168 Å². The number of carbonyl (C=O) groups excluding carboxylic acids is 3. The maximum Gasteiger partial charge on any atom is 0.265 e. The number of benzene rings is 4. The van der Waals surface area contributed by atoms with Gasteiger partial charge in [-0.05, 0) is 119 Å². The fraction of sp³-hybridized carbons (Fsp3) is 0.204. The van der Waals surface area contributed by atoms with E-state index in [4.69, 9.17) is 10.3 Å².